The third-order valence-electron chi connectivity index (χ3n) is 8.81. The Balaban J connectivity index is 1.45. The van der Waals surface area contributed by atoms with E-state index >= 15 is 0 Å². The minimum atomic E-state index is -1.87. The summed E-state index contributed by atoms with van der Waals surface area (Å²) in [5.74, 6) is 3.71. The summed E-state index contributed by atoms with van der Waals surface area (Å²) in [6.45, 7) is 16.8. The lowest BCUT2D eigenvalue weighted by molar-refractivity contribution is 0.301. The van der Waals surface area contributed by atoms with Gasteiger partial charge >= 0.3 is 0 Å². The van der Waals surface area contributed by atoms with Gasteiger partial charge in [-0.1, -0.05) is 77.1 Å². The van der Waals surface area contributed by atoms with Crippen molar-refractivity contribution >= 4 is 8.32 Å². The first-order chi connectivity index (χ1) is 17.5. The van der Waals surface area contributed by atoms with E-state index in [1.54, 1.807) is 11.1 Å². The number of fused-ring (bicyclic) bond motifs is 1. The monoisotopic (exact) mass is 512 g/mol. The molecule has 5 rings (SSSR count). The molecule has 2 aliphatic rings. The topological polar surface area (TPSA) is 18.5 Å². The van der Waals surface area contributed by atoms with Crippen molar-refractivity contribution in [2.45, 2.75) is 103 Å². The molecule has 1 unspecified atom stereocenters. The van der Waals surface area contributed by atoms with Crippen LogP contribution in [0.5, 0.6) is 11.5 Å². The third kappa shape index (κ3) is 5.53. The van der Waals surface area contributed by atoms with Crippen LogP contribution in [0.1, 0.15) is 105 Å². The highest BCUT2D eigenvalue weighted by molar-refractivity contribution is 6.74. The molecule has 0 spiro atoms. The van der Waals surface area contributed by atoms with Crippen LogP contribution < -0.4 is 9.16 Å². The highest BCUT2D eigenvalue weighted by atomic mass is 28.4. The quantitative estimate of drug-likeness (QED) is 0.280. The molecule has 0 aromatic heterocycles. The smallest absolute Gasteiger partial charge is 0.250 e. The fourth-order valence-corrected chi connectivity index (χ4v) is 6.47. The molecule has 196 valence electrons. The van der Waals surface area contributed by atoms with Crippen LogP contribution in [0.2, 0.25) is 18.1 Å². The predicted octanol–water partition coefficient (Wildman–Crippen LogP) is 9.73. The molecular weight excluding hydrogens is 468 g/mol. The summed E-state index contributed by atoms with van der Waals surface area (Å²) in [5, 5.41) is 0.200. The van der Waals surface area contributed by atoms with Gasteiger partial charge in [-0.15, -0.1) is 0 Å². The van der Waals surface area contributed by atoms with Gasteiger partial charge < -0.3 is 9.16 Å². The fourth-order valence-electron chi connectivity index (χ4n) is 5.46. The molecule has 3 heteroatoms. The largest absolute Gasteiger partial charge is 0.543 e. The second-order valence-electron chi connectivity index (χ2n) is 13.0. The Morgan fingerprint density at radius 1 is 0.919 bits per heavy atom. The van der Waals surface area contributed by atoms with Crippen molar-refractivity contribution in [2.75, 3.05) is 0 Å². The van der Waals surface area contributed by atoms with E-state index < -0.39 is 8.32 Å². The highest BCUT2D eigenvalue weighted by Crippen LogP contribution is 2.51. The summed E-state index contributed by atoms with van der Waals surface area (Å²) in [6, 6.07) is 22.2. The predicted molar refractivity (Wildman–Crippen MR) is 158 cm³/mol. The van der Waals surface area contributed by atoms with Crippen LogP contribution in [-0.2, 0) is 13.0 Å². The van der Waals surface area contributed by atoms with E-state index in [0.29, 0.717) is 24.4 Å². The summed E-state index contributed by atoms with van der Waals surface area (Å²) >= 11 is 0. The minimum absolute atomic E-state index is 0.200. The van der Waals surface area contributed by atoms with Gasteiger partial charge in [-0.3, -0.25) is 0 Å². The molecule has 0 N–H and O–H groups in total. The van der Waals surface area contributed by atoms with Crippen molar-refractivity contribution in [3.8, 4) is 11.5 Å². The van der Waals surface area contributed by atoms with Gasteiger partial charge in [0.1, 0.15) is 18.1 Å². The van der Waals surface area contributed by atoms with Gasteiger partial charge in [-0.05, 0) is 107 Å². The second-order valence-corrected chi connectivity index (χ2v) is 17.8. The second kappa shape index (κ2) is 9.98. The fraction of sp³-hybridized carbons (Fsp3) is 0.471. The van der Waals surface area contributed by atoms with Gasteiger partial charge in [0.15, 0.2) is 0 Å². The lowest BCUT2D eigenvalue weighted by Gasteiger charge is -2.36. The van der Waals surface area contributed by atoms with E-state index in [0.717, 1.165) is 17.9 Å². The Morgan fingerprint density at radius 2 is 1.65 bits per heavy atom. The van der Waals surface area contributed by atoms with Crippen molar-refractivity contribution < 1.29 is 9.16 Å². The van der Waals surface area contributed by atoms with Crippen molar-refractivity contribution in [1.29, 1.82) is 0 Å². The average molecular weight is 513 g/mol. The van der Waals surface area contributed by atoms with Crippen LogP contribution in [0.4, 0.5) is 0 Å². The standard InChI is InChI=1S/C34H44O2Si/c1-23(2)30-20-26(16-18-32(30)35-22-24-11-9-8-10-12-24)29-17-15-27-19-28(36-37(6,7)34(3,4)5)21-31(33(27)29)25-13-14-25/h8-12,16,18-21,23,25,29H,13-15,17,22H2,1-7H3. The first-order valence-electron chi connectivity index (χ1n) is 14.2. The molecule has 2 aliphatic carbocycles. The van der Waals surface area contributed by atoms with Gasteiger partial charge in [-0.25, -0.2) is 0 Å². The normalized spacial score (nSPS) is 17.7. The van der Waals surface area contributed by atoms with Crippen molar-refractivity contribution in [3.63, 3.8) is 0 Å². The number of rotatable bonds is 8. The molecule has 0 aliphatic heterocycles. The molecule has 1 atom stereocenters. The van der Waals surface area contributed by atoms with Gasteiger partial charge in [0.05, 0.1) is 0 Å². The third-order valence-corrected chi connectivity index (χ3v) is 13.2. The van der Waals surface area contributed by atoms with Crippen molar-refractivity contribution in [2.24, 2.45) is 0 Å². The Labute approximate surface area is 225 Å². The van der Waals surface area contributed by atoms with Crippen LogP contribution in [0.15, 0.2) is 60.7 Å². The summed E-state index contributed by atoms with van der Waals surface area (Å²) in [7, 11) is -1.87. The molecule has 2 nitrogen and oxygen atoms in total. The van der Waals surface area contributed by atoms with Crippen LogP contribution in [0, 0.1) is 0 Å². The Kier molecular flexibility index (Phi) is 7.04. The molecule has 0 bridgehead atoms. The molecule has 3 aromatic carbocycles. The van der Waals surface area contributed by atoms with E-state index in [2.05, 4.69) is 108 Å². The van der Waals surface area contributed by atoms with E-state index in [4.69, 9.17) is 9.16 Å². The maximum absolute atomic E-state index is 6.80. The van der Waals surface area contributed by atoms with Gasteiger partial charge in [0.25, 0.3) is 0 Å². The Morgan fingerprint density at radius 3 is 2.30 bits per heavy atom. The lowest BCUT2D eigenvalue weighted by Crippen LogP contribution is -2.43. The summed E-state index contributed by atoms with van der Waals surface area (Å²) in [6.07, 6.45) is 4.94. The minimum Gasteiger partial charge on any atom is -0.543 e. The number of aryl methyl sites for hydroxylation is 1. The Hall–Kier alpha value is -2.52. The molecule has 37 heavy (non-hydrogen) atoms. The average Bonchev–Trinajstić information content (AvgIpc) is 3.61. The van der Waals surface area contributed by atoms with Gasteiger partial charge in [-0.2, -0.15) is 0 Å². The summed E-state index contributed by atoms with van der Waals surface area (Å²) in [4.78, 5) is 0. The van der Waals surface area contributed by atoms with Crippen LogP contribution in [0.25, 0.3) is 0 Å². The van der Waals surface area contributed by atoms with E-state index in [9.17, 15) is 0 Å². The van der Waals surface area contributed by atoms with Crippen LogP contribution in [0.3, 0.4) is 0 Å². The molecule has 0 radical (unpaired) electrons. The van der Waals surface area contributed by atoms with E-state index in [-0.39, 0.29) is 5.04 Å². The maximum atomic E-state index is 6.80. The van der Waals surface area contributed by atoms with Crippen LogP contribution >= 0.6 is 0 Å². The molecule has 0 saturated heterocycles. The van der Waals surface area contributed by atoms with Crippen molar-refractivity contribution in [1.82, 2.24) is 0 Å². The number of ether oxygens (including phenoxy) is 1. The number of hydrogen-bond donors (Lipinski definition) is 0. The highest BCUT2D eigenvalue weighted by Gasteiger charge is 2.40. The van der Waals surface area contributed by atoms with Crippen molar-refractivity contribution in [3.05, 3.63) is 94.0 Å². The molecule has 3 aromatic rings. The van der Waals surface area contributed by atoms with Crippen LogP contribution in [-0.4, -0.2) is 8.32 Å². The lowest BCUT2D eigenvalue weighted by atomic mass is 9.86. The first kappa shape index (κ1) is 26.1. The van der Waals surface area contributed by atoms with E-state index in [1.165, 1.54) is 41.5 Å². The SMILES string of the molecule is CC(C)c1cc(C2CCc3cc(O[Si](C)(C)C(C)(C)C)cc(C4CC4)c32)ccc1OCc1ccccc1. The Bertz CT molecular complexity index is 1250. The molecule has 1 saturated carbocycles. The zero-order valence-electron chi connectivity index (χ0n) is 23.9. The molecule has 1 fully saturated rings. The van der Waals surface area contributed by atoms with Gasteiger partial charge in [0, 0.05) is 5.92 Å². The van der Waals surface area contributed by atoms with E-state index in [1.807, 2.05) is 0 Å². The molecule has 0 heterocycles. The number of benzene rings is 3. The molecule has 0 amide bonds. The summed E-state index contributed by atoms with van der Waals surface area (Å²) in [5.41, 5.74) is 8.62. The first-order valence-corrected chi connectivity index (χ1v) is 17.1. The zero-order chi connectivity index (χ0) is 26.4. The van der Waals surface area contributed by atoms with Gasteiger partial charge in [0.2, 0.25) is 8.32 Å². The number of hydrogen-bond acceptors (Lipinski definition) is 2. The zero-order valence-corrected chi connectivity index (χ0v) is 24.9. The molecular formula is C34H44O2Si. The maximum Gasteiger partial charge on any atom is 0.250 e. The summed E-state index contributed by atoms with van der Waals surface area (Å²) < 4.78 is 13.1.